The molecular formula is C30H28Br2N4O8S4. The van der Waals surface area contributed by atoms with E-state index < -0.39 is 38.0 Å². The Bertz CT molecular complexity index is 1780. The van der Waals surface area contributed by atoms with E-state index in [1.54, 1.807) is 30.4 Å². The summed E-state index contributed by atoms with van der Waals surface area (Å²) < 4.78 is 1.27. The molecule has 254 valence electrons. The van der Waals surface area contributed by atoms with Crippen molar-refractivity contribution in [3.8, 4) is 0 Å². The number of nitro groups is 1. The minimum Gasteiger partial charge on any atom is -0.479 e. The first-order valence-corrected chi connectivity index (χ1v) is 19.9. The summed E-state index contributed by atoms with van der Waals surface area (Å²) in [7, 11) is 2.89. The largest absolute Gasteiger partial charge is 0.479 e. The van der Waals surface area contributed by atoms with Gasteiger partial charge in [-0.2, -0.15) is 0 Å². The average Bonchev–Trinajstić information content (AvgIpc) is 3.54. The number of rotatable bonds is 10. The van der Waals surface area contributed by atoms with Gasteiger partial charge in [-0.1, -0.05) is 73.5 Å². The Morgan fingerprint density at radius 2 is 1.75 bits per heavy atom. The third-order valence-corrected chi connectivity index (χ3v) is 16.4. The Labute approximate surface area is 307 Å². The molecule has 3 aliphatic rings. The molecule has 1 aromatic heterocycles. The van der Waals surface area contributed by atoms with E-state index in [-0.39, 0.29) is 39.5 Å². The van der Waals surface area contributed by atoms with E-state index in [1.807, 2.05) is 38.1 Å². The molecule has 2 amide bonds. The van der Waals surface area contributed by atoms with Crippen LogP contribution in [0.15, 0.2) is 65.0 Å². The van der Waals surface area contributed by atoms with Crippen LogP contribution in [0.25, 0.3) is 10.2 Å². The van der Waals surface area contributed by atoms with Gasteiger partial charge in [0.25, 0.3) is 5.69 Å². The standard InChI is InChI=1S/C15H15BrN2O5S.C15H13BrN2O3S3/c1-14(2)15(13(20)21,17-11(19)10(16)12(17)24-14)7-8-3-5-9(6-4-8)18(22)23;1-7(2)11(14(20)21)18-12(19)10(16)13(18)23-24-15-17-8-5-3-4-6-9(8)22-15/h3-6,10,12H,7H2,1-2H3,(H,20,21);3-6,10-11,13H,1H2,2H3,(H,20,21)/t10-,12-,15+;10-,11+,13+/m10/s1. The van der Waals surface area contributed by atoms with Crippen molar-refractivity contribution in [2.24, 2.45) is 0 Å². The number of benzene rings is 2. The number of non-ortho nitro benzene ring substituents is 1. The number of thiazole rings is 1. The number of carboxylic acids is 2. The lowest BCUT2D eigenvalue weighted by Crippen LogP contribution is -2.71. The van der Waals surface area contributed by atoms with E-state index >= 15 is 0 Å². The van der Waals surface area contributed by atoms with E-state index in [0.717, 1.165) is 14.6 Å². The van der Waals surface area contributed by atoms with Gasteiger partial charge in [0.1, 0.15) is 20.4 Å². The van der Waals surface area contributed by atoms with Crippen molar-refractivity contribution in [1.82, 2.24) is 14.8 Å². The smallest absolute Gasteiger partial charge is 0.331 e. The highest BCUT2D eigenvalue weighted by Crippen LogP contribution is 2.59. The van der Waals surface area contributed by atoms with Crippen molar-refractivity contribution in [3.63, 3.8) is 0 Å². The van der Waals surface area contributed by atoms with Crippen LogP contribution in [-0.2, 0) is 25.6 Å². The molecule has 0 aliphatic carbocycles. The fourth-order valence-corrected chi connectivity index (χ4v) is 13.3. The highest BCUT2D eigenvalue weighted by atomic mass is 79.9. The number of carbonyl (C=O) groups is 4. The van der Waals surface area contributed by atoms with Gasteiger partial charge in [0.05, 0.1) is 15.1 Å². The number of nitrogens with zero attached hydrogens (tertiary/aromatic N) is 4. The molecule has 12 nitrogen and oxygen atoms in total. The van der Waals surface area contributed by atoms with Gasteiger partial charge in [-0.05, 0) is 54.8 Å². The Morgan fingerprint density at radius 1 is 1.10 bits per heavy atom. The zero-order chi connectivity index (χ0) is 35.3. The van der Waals surface area contributed by atoms with Crippen LogP contribution in [0.4, 0.5) is 5.69 Å². The Hall–Kier alpha value is -2.64. The SMILES string of the molecule is C=C(C)[C@H](C(=O)O)N1C(=O)[C@H](Br)[C@H]1SSc1nc2ccccc2s1.CC1(C)S[C@@H]2[C@H](Br)C(=O)N2[C@@]1(Cc1ccc([N+](=O)[O-])cc1)C(=O)O. The summed E-state index contributed by atoms with van der Waals surface area (Å²) in [4.78, 5) is 64.9. The number of aromatic nitrogens is 1. The van der Waals surface area contributed by atoms with Crippen LogP contribution >= 0.6 is 76.5 Å². The predicted octanol–water partition coefficient (Wildman–Crippen LogP) is 6.42. The number of carboxylic acid groups (broad SMARTS) is 2. The van der Waals surface area contributed by atoms with E-state index in [2.05, 4.69) is 43.4 Å². The summed E-state index contributed by atoms with van der Waals surface area (Å²) in [5, 5.41) is 29.6. The van der Waals surface area contributed by atoms with Crippen LogP contribution in [0.2, 0.25) is 0 Å². The van der Waals surface area contributed by atoms with Gasteiger partial charge >= 0.3 is 11.9 Å². The second-order valence-corrected chi connectivity index (χ2v) is 19.0. The third kappa shape index (κ3) is 6.39. The number of thioether (sulfide) groups is 1. The molecule has 48 heavy (non-hydrogen) atoms. The van der Waals surface area contributed by atoms with Gasteiger partial charge in [0.15, 0.2) is 15.9 Å². The highest BCUT2D eigenvalue weighted by Gasteiger charge is 2.72. The van der Waals surface area contributed by atoms with Gasteiger partial charge in [-0.3, -0.25) is 19.7 Å². The monoisotopic (exact) mass is 858 g/mol. The molecule has 0 unspecified atom stereocenters. The molecule has 3 fully saturated rings. The molecule has 0 bridgehead atoms. The number of hydrogen-bond acceptors (Lipinski definition) is 11. The van der Waals surface area contributed by atoms with Gasteiger partial charge in [0.2, 0.25) is 11.8 Å². The zero-order valence-corrected chi connectivity index (χ0v) is 31.9. The topological polar surface area (TPSA) is 171 Å². The second kappa shape index (κ2) is 13.9. The van der Waals surface area contributed by atoms with Crippen LogP contribution in [0, 0.1) is 10.1 Å². The molecule has 4 heterocycles. The van der Waals surface area contributed by atoms with Crippen LogP contribution in [0.5, 0.6) is 0 Å². The van der Waals surface area contributed by atoms with Crippen LogP contribution in [0.1, 0.15) is 26.3 Å². The van der Waals surface area contributed by atoms with E-state index in [1.165, 1.54) is 55.3 Å². The minimum atomic E-state index is -1.39. The normalized spacial score (nSPS) is 26.1. The molecule has 3 saturated heterocycles. The van der Waals surface area contributed by atoms with Crippen molar-refractivity contribution < 1.29 is 34.3 Å². The summed E-state index contributed by atoms with van der Waals surface area (Å²) in [6, 6.07) is 12.7. The molecule has 3 aliphatic heterocycles. The minimum absolute atomic E-state index is 0.0541. The number of carbonyl (C=O) groups excluding carboxylic acids is 2. The molecular weight excluding hydrogens is 832 g/mol. The molecule has 2 aromatic carbocycles. The predicted molar refractivity (Wildman–Crippen MR) is 195 cm³/mol. The fourth-order valence-electron chi connectivity index (χ4n) is 5.76. The van der Waals surface area contributed by atoms with Gasteiger partial charge < -0.3 is 20.0 Å². The van der Waals surface area contributed by atoms with Gasteiger partial charge in [-0.25, -0.2) is 14.6 Å². The van der Waals surface area contributed by atoms with Gasteiger partial charge in [0, 0.05) is 23.3 Å². The van der Waals surface area contributed by atoms with Crippen molar-refractivity contribution in [2.45, 2.75) is 68.3 Å². The molecule has 0 spiro atoms. The quantitative estimate of drug-likeness (QED) is 0.0574. The maximum absolute atomic E-state index is 12.3. The third-order valence-electron chi connectivity index (χ3n) is 8.25. The summed E-state index contributed by atoms with van der Waals surface area (Å²) in [5.74, 6) is -2.59. The Morgan fingerprint density at radius 3 is 2.31 bits per heavy atom. The van der Waals surface area contributed by atoms with E-state index in [4.69, 9.17) is 0 Å². The van der Waals surface area contributed by atoms with Crippen molar-refractivity contribution in [2.75, 3.05) is 0 Å². The van der Waals surface area contributed by atoms with E-state index in [9.17, 15) is 39.5 Å². The molecule has 0 radical (unpaired) electrons. The number of halogens is 2. The Kier molecular flexibility index (Phi) is 10.6. The molecule has 2 N–H and O–H groups in total. The maximum Gasteiger partial charge on any atom is 0.331 e. The number of aliphatic carboxylic acids is 2. The summed E-state index contributed by atoms with van der Waals surface area (Å²) in [6.45, 7) is 8.97. The number of hydrogen-bond donors (Lipinski definition) is 2. The van der Waals surface area contributed by atoms with Crippen LogP contribution in [-0.4, -0.2) is 90.4 Å². The number of fused-ring (bicyclic) bond motifs is 2. The van der Waals surface area contributed by atoms with Crippen molar-refractivity contribution >= 4 is 116 Å². The summed E-state index contributed by atoms with van der Waals surface area (Å²) in [6.07, 6.45) is 0.0995. The van der Waals surface area contributed by atoms with Crippen molar-refractivity contribution in [1.29, 1.82) is 0 Å². The summed E-state index contributed by atoms with van der Waals surface area (Å²) in [5.41, 5.74) is 0.572. The number of β-lactam (4-membered cyclic amide) rings is 2. The first kappa shape index (κ1) is 36.6. The number of likely N-dealkylation sites (tertiary alicyclic amines) is 1. The number of para-hydroxylation sites is 1. The lowest BCUT2D eigenvalue weighted by Gasteiger charge is -2.48. The van der Waals surface area contributed by atoms with Crippen LogP contribution in [0.3, 0.4) is 0 Å². The second-order valence-electron chi connectivity index (χ2n) is 11.6. The number of alkyl halides is 2. The molecule has 0 saturated carbocycles. The molecule has 18 heteroatoms. The number of amides is 2. The first-order valence-electron chi connectivity index (χ1n) is 14.2. The highest BCUT2D eigenvalue weighted by molar-refractivity contribution is 9.10. The van der Waals surface area contributed by atoms with Crippen molar-refractivity contribution in [3.05, 3.63) is 76.4 Å². The van der Waals surface area contributed by atoms with Gasteiger partial charge in [-0.15, -0.1) is 23.1 Å². The summed E-state index contributed by atoms with van der Waals surface area (Å²) >= 11 is 9.70. The first-order chi connectivity index (χ1) is 22.5. The lowest BCUT2D eigenvalue weighted by atomic mass is 9.77. The molecule has 6 rings (SSSR count). The van der Waals surface area contributed by atoms with E-state index in [0.29, 0.717) is 11.1 Å². The number of nitro benzene ring substituents is 1. The molecule has 3 aromatic rings. The maximum atomic E-state index is 12.3. The zero-order valence-electron chi connectivity index (χ0n) is 25.4. The average molecular weight is 861 g/mol. The molecule has 6 atom stereocenters. The Balaban J connectivity index is 0.000000188. The fraction of sp³-hybridized carbons (Fsp3) is 0.367. The lowest BCUT2D eigenvalue weighted by molar-refractivity contribution is -0.384. The van der Waals surface area contributed by atoms with Crippen LogP contribution < -0.4 is 0 Å².